The van der Waals surface area contributed by atoms with Gasteiger partial charge in [-0.1, -0.05) is 11.6 Å². The van der Waals surface area contributed by atoms with E-state index >= 15 is 0 Å². The number of halogens is 1. The van der Waals surface area contributed by atoms with Crippen molar-refractivity contribution in [1.82, 2.24) is 10.9 Å². The Balaban J connectivity index is 1.84. The van der Waals surface area contributed by atoms with Gasteiger partial charge in [-0.05, 0) is 45.0 Å². The summed E-state index contributed by atoms with van der Waals surface area (Å²) in [5.74, 6) is 0.722. The Labute approximate surface area is 143 Å². The maximum atomic E-state index is 12.1. The number of nitrogens with one attached hydrogen (secondary N) is 2. The lowest BCUT2D eigenvalue weighted by Crippen LogP contribution is -2.42. The molecule has 1 aromatic heterocycles. The van der Waals surface area contributed by atoms with Crippen LogP contribution in [0, 0.1) is 20.8 Å². The van der Waals surface area contributed by atoms with Crippen LogP contribution in [-0.2, 0) is 4.79 Å². The molecule has 2 aromatic rings. The zero-order valence-electron chi connectivity index (χ0n) is 13.0. The summed E-state index contributed by atoms with van der Waals surface area (Å²) in [6.07, 6.45) is 0. The summed E-state index contributed by atoms with van der Waals surface area (Å²) < 4.78 is 5.40. The van der Waals surface area contributed by atoms with Crippen molar-refractivity contribution in [2.75, 3.05) is 5.75 Å². The van der Waals surface area contributed by atoms with Crippen LogP contribution >= 0.6 is 23.4 Å². The third-order valence-electron chi connectivity index (χ3n) is 3.29. The molecule has 0 aliphatic rings. The summed E-state index contributed by atoms with van der Waals surface area (Å²) in [5.41, 5.74) is 6.03. The highest BCUT2D eigenvalue weighted by molar-refractivity contribution is 8.00. The lowest BCUT2D eigenvalue weighted by Gasteiger charge is -2.07. The first kappa shape index (κ1) is 17.4. The Hall–Kier alpha value is -1.92. The molecule has 2 amide bonds. The van der Waals surface area contributed by atoms with Gasteiger partial charge in [-0.25, -0.2) is 0 Å². The number of carbonyl (C=O) groups excluding carboxylic acids is 2. The molecule has 0 fully saturated rings. The van der Waals surface area contributed by atoms with Gasteiger partial charge in [0.1, 0.15) is 11.5 Å². The fourth-order valence-electron chi connectivity index (χ4n) is 2.03. The Morgan fingerprint density at radius 3 is 2.30 bits per heavy atom. The lowest BCUT2D eigenvalue weighted by molar-refractivity contribution is -0.119. The Bertz CT molecular complexity index is 726. The summed E-state index contributed by atoms with van der Waals surface area (Å²) in [6.45, 7) is 5.31. The number of aryl methyl sites for hydroxylation is 2. The van der Waals surface area contributed by atoms with Gasteiger partial charge in [0.2, 0.25) is 5.91 Å². The number of benzene rings is 1. The maximum absolute atomic E-state index is 12.1. The van der Waals surface area contributed by atoms with Crippen LogP contribution in [0.3, 0.4) is 0 Å². The molecule has 0 unspecified atom stereocenters. The first-order valence-corrected chi connectivity index (χ1v) is 8.29. The van der Waals surface area contributed by atoms with E-state index in [-0.39, 0.29) is 17.6 Å². The molecular weight excluding hydrogens is 336 g/mol. The molecule has 0 saturated carbocycles. The van der Waals surface area contributed by atoms with E-state index in [9.17, 15) is 9.59 Å². The van der Waals surface area contributed by atoms with Crippen LogP contribution in [0.1, 0.15) is 27.4 Å². The molecule has 0 bridgehead atoms. The van der Waals surface area contributed by atoms with Crippen molar-refractivity contribution < 1.29 is 14.0 Å². The molecule has 7 heteroatoms. The molecule has 122 valence electrons. The smallest absolute Gasteiger partial charge is 0.273 e. The molecule has 0 spiro atoms. The summed E-state index contributed by atoms with van der Waals surface area (Å²) in [6, 6.07) is 7.19. The van der Waals surface area contributed by atoms with E-state index < -0.39 is 0 Å². The fourth-order valence-corrected chi connectivity index (χ4v) is 2.86. The number of carbonyl (C=O) groups is 2. The van der Waals surface area contributed by atoms with Crippen LogP contribution in [0.25, 0.3) is 0 Å². The first-order chi connectivity index (χ1) is 10.9. The predicted molar refractivity (Wildman–Crippen MR) is 90.7 cm³/mol. The van der Waals surface area contributed by atoms with E-state index in [1.807, 2.05) is 12.1 Å². The molecule has 0 atom stereocenters. The van der Waals surface area contributed by atoms with Crippen molar-refractivity contribution in [3.8, 4) is 0 Å². The van der Waals surface area contributed by atoms with Crippen LogP contribution < -0.4 is 10.9 Å². The molecule has 0 radical (unpaired) electrons. The van der Waals surface area contributed by atoms with Crippen LogP contribution in [0.2, 0.25) is 5.02 Å². The van der Waals surface area contributed by atoms with Gasteiger partial charge in [-0.3, -0.25) is 20.4 Å². The maximum Gasteiger partial charge on any atom is 0.273 e. The monoisotopic (exact) mass is 352 g/mol. The van der Waals surface area contributed by atoms with Crippen LogP contribution in [0.15, 0.2) is 33.6 Å². The Morgan fingerprint density at radius 1 is 1.09 bits per heavy atom. The van der Waals surface area contributed by atoms with Gasteiger partial charge in [0.15, 0.2) is 0 Å². The van der Waals surface area contributed by atoms with Crippen LogP contribution in [-0.4, -0.2) is 17.6 Å². The number of rotatable bonds is 4. The van der Waals surface area contributed by atoms with Gasteiger partial charge in [0.25, 0.3) is 5.91 Å². The largest absolute Gasteiger partial charge is 0.466 e. The van der Waals surface area contributed by atoms with Crippen molar-refractivity contribution in [2.24, 2.45) is 0 Å². The van der Waals surface area contributed by atoms with Gasteiger partial charge >= 0.3 is 0 Å². The van der Waals surface area contributed by atoms with E-state index in [4.69, 9.17) is 16.0 Å². The minimum atomic E-state index is -0.387. The second-order valence-corrected chi connectivity index (χ2v) is 6.44. The van der Waals surface area contributed by atoms with Crippen LogP contribution in [0.4, 0.5) is 0 Å². The average Bonchev–Trinajstić information content (AvgIpc) is 2.77. The Morgan fingerprint density at radius 2 is 1.74 bits per heavy atom. The average molecular weight is 353 g/mol. The molecule has 1 aromatic carbocycles. The zero-order chi connectivity index (χ0) is 17.0. The number of amides is 2. The predicted octanol–water partition coefficient (Wildman–Crippen LogP) is 3.41. The topological polar surface area (TPSA) is 71.3 Å². The fraction of sp³-hybridized carbons (Fsp3) is 0.250. The molecule has 0 aliphatic carbocycles. The summed E-state index contributed by atoms with van der Waals surface area (Å²) in [4.78, 5) is 24.8. The summed E-state index contributed by atoms with van der Waals surface area (Å²) in [7, 11) is 0. The number of hydrazine groups is 1. The SMILES string of the molecule is Cc1oc(C)c(C(=O)NNC(=O)CSc2ccc(Cl)cc2)c1C. The number of thioether (sulfide) groups is 1. The van der Waals surface area contributed by atoms with Crippen molar-refractivity contribution in [3.05, 3.63) is 51.9 Å². The molecular formula is C16H17ClN2O3S. The molecule has 23 heavy (non-hydrogen) atoms. The van der Waals surface area contributed by atoms with E-state index in [1.165, 1.54) is 11.8 Å². The van der Waals surface area contributed by atoms with Crippen molar-refractivity contribution in [1.29, 1.82) is 0 Å². The quantitative estimate of drug-likeness (QED) is 0.653. The van der Waals surface area contributed by atoms with Crippen LogP contribution in [0.5, 0.6) is 0 Å². The number of hydrogen-bond donors (Lipinski definition) is 2. The molecule has 5 nitrogen and oxygen atoms in total. The Kier molecular flexibility index (Phi) is 5.74. The minimum absolute atomic E-state index is 0.185. The van der Waals surface area contributed by atoms with E-state index in [0.29, 0.717) is 22.1 Å². The summed E-state index contributed by atoms with van der Waals surface area (Å²) >= 11 is 7.16. The van der Waals surface area contributed by atoms with Gasteiger partial charge < -0.3 is 4.42 Å². The van der Waals surface area contributed by atoms with Gasteiger partial charge in [0, 0.05) is 15.5 Å². The standard InChI is InChI=1S/C16H17ClN2O3S/c1-9-10(2)22-11(3)15(9)16(21)19-18-14(20)8-23-13-6-4-12(17)5-7-13/h4-7H,8H2,1-3H3,(H,18,20)(H,19,21). The zero-order valence-corrected chi connectivity index (χ0v) is 14.6. The van der Waals surface area contributed by atoms with Crippen molar-refractivity contribution in [2.45, 2.75) is 25.7 Å². The highest BCUT2D eigenvalue weighted by Gasteiger charge is 2.18. The minimum Gasteiger partial charge on any atom is -0.466 e. The third-order valence-corrected chi connectivity index (χ3v) is 4.55. The second-order valence-electron chi connectivity index (χ2n) is 4.96. The van der Waals surface area contributed by atoms with Gasteiger partial charge in [-0.15, -0.1) is 11.8 Å². The van der Waals surface area contributed by atoms with Crippen molar-refractivity contribution in [3.63, 3.8) is 0 Å². The number of furan rings is 1. The van der Waals surface area contributed by atoms with E-state index in [1.54, 1.807) is 32.9 Å². The second kappa shape index (κ2) is 7.57. The third kappa shape index (κ3) is 4.53. The molecule has 2 N–H and O–H groups in total. The van der Waals surface area contributed by atoms with E-state index in [2.05, 4.69) is 10.9 Å². The molecule has 0 saturated heterocycles. The normalized spacial score (nSPS) is 10.4. The van der Waals surface area contributed by atoms with Gasteiger partial charge in [-0.2, -0.15) is 0 Å². The highest BCUT2D eigenvalue weighted by atomic mass is 35.5. The van der Waals surface area contributed by atoms with Crippen molar-refractivity contribution >= 4 is 35.2 Å². The highest BCUT2D eigenvalue weighted by Crippen LogP contribution is 2.21. The molecule has 1 heterocycles. The first-order valence-electron chi connectivity index (χ1n) is 6.92. The molecule has 2 rings (SSSR count). The summed E-state index contributed by atoms with van der Waals surface area (Å²) in [5, 5.41) is 0.646. The number of hydrogen-bond acceptors (Lipinski definition) is 4. The van der Waals surface area contributed by atoms with Gasteiger partial charge in [0.05, 0.1) is 11.3 Å². The lowest BCUT2D eigenvalue weighted by atomic mass is 10.1. The van der Waals surface area contributed by atoms with E-state index in [0.717, 1.165) is 10.5 Å². The molecule has 0 aliphatic heterocycles.